The van der Waals surface area contributed by atoms with Gasteiger partial charge in [-0.2, -0.15) is 0 Å². The maximum Gasteiger partial charge on any atom is 2.00 e. The maximum atomic E-state index is 0. The molecule has 0 bridgehead atoms. The molecule has 0 aromatic carbocycles. The van der Waals surface area contributed by atoms with Gasteiger partial charge in [0.25, 0.3) is 0 Å². The molecular weight excluding hydrogens is 80.1 g/mol. The molecule has 0 amide bonds. The van der Waals surface area contributed by atoms with Crippen LogP contribution in [0.4, 0.5) is 0 Å². The van der Waals surface area contributed by atoms with E-state index in [0.29, 0.717) is 0 Å². The van der Waals surface area contributed by atoms with Crippen LogP contribution in [0.2, 0.25) is 0 Å². The van der Waals surface area contributed by atoms with Gasteiger partial charge < -0.3 is 20.3 Å². The van der Waals surface area contributed by atoms with Gasteiger partial charge in [-0.25, -0.2) is 0 Å². The molecule has 4 heavy (non-hydrogen) atoms. The summed E-state index contributed by atoms with van der Waals surface area (Å²) < 4.78 is 0. The summed E-state index contributed by atoms with van der Waals surface area (Å²) in [7, 11) is 0. The molecule has 0 atom stereocenters. The van der Waals surface area contributed by atoms with Gasteiger partial charge in [-0.3, -0.25) is 0 Å². The topological polar surface area (TPSA) is 31.5 Å². The Kier molecular flexibility index (Phi) is 459. The van der Waals surface area contributed by atoms with Crippen molar-refractivity contribution >= 4 is 37.7 Å². The summed E-state index contributed by atoms with van der Waals surface area (Å²) in [6, 6.07) is 0. The van der Waals surface area contributed by atoms with Crippen molar-refractivity contribution < 1.29 is 5.48 Å². The Morgan fingerprint density at radius 3 is 0.750 bits per heavy atom. The quantitative estimate of drug-likeness (QED) is 0.287. The van der Waals surface area contributed by atoms with Crippen LogP contribution >= 0.6 is 0 Å². The minimum atomic E-state index is 0. The second-order valence-corrected chi connectivity index (χ2v) is 0. The number of rotatable bonds is 0. The number of hydrogen-bond donors (Lipinski definition) is 0. The third kappa shape index (κ3) is 10.7. The smallest absolute Gasteiger partial charge is 0.412 e. The molecule has 0 radical (unpaired) electrons. The van der Waals surface area contributed by atoms with Crippen LogP contribution in [-0.2, 0) is 0 Å². The Balaban J connectivity index is 0. The molecule has 0 unspecified atom stereocenters. The van der Waals surface area contributed by atoms with Gasteiger partial charge >= 0.3 is 37.7 Å². The Labute approximate surface area is 57.7 Å². The van der Waals surface area contributed by atoms with Gasteiger partial charge in [0.05, 0.1) is 0 Å². The Morgan fingerprint density at radius 1 is 0.750 bits per heavy atom. The van der Waals surface area contributed by atoms with Crippen LogP contribution < -0.4 is 0 Å². The molecule has 0 fully saturated rings. The summed E-state index contributed by atoms with van der Waals surface area (Å²) in [4.78, 5) is 0. The predicted octanol–water partition coefficient (Wildman–Crippen LogP) is -0.305. The largest absolute Gasteiger partial charge is 2.00 e. The van der Waals surface area contributed by atoms with Crippen LogP contribution in [0.3, 0.4) is 0 Å². The molecule has 0 aromatic rings. The SMILES string of the molecule is O.[CH3-].[CH3-].[Ca+2]. The third-order valence-corrected chi connectivity index (χ3v) is 0. The number of hydrogen-bond acceptors (Lipinski definition) is 0. The minimum absolute atomic E-state index is 0. The molecule has 0 aliphatic rings. The van der Waals surface area contributed by atoms with Crippen molar-refractivity contribution in [3.05, 3.63) is 14.9 Å². The zero-order valence-electron chi connectivity index (χ0n) is 3.21. The first-order chi connectivity index (χ1) is 0. The summed E-state index contributed by atoms with van der Waals surface area (Å²) in [6.45, 7) is 0. The van der Waals surface area contributed by atoms with E-state index in [0.717, 1.165) is 0 Å². The van der Waals surface area contributed by atoms with Crippen molar-refractivity contribution in [2.75, 3.05) is 0 Å². The van der Waals surface area contributed by atoms with Gasteiger partial charge in [0.2, 0.25) is 0 Å². The van der Waals surface area contributed by atoms with E-state index in [2.05, 4.69) is 0 Å². The van der Waals surface area contributed by atoms with E-state index >= 15 is 0 Å². The fraction of sp³-hybridized carbons (Fsp3) is 0. The van der Waals surface area contributed by atoms with E-state index in [-0.39, 0.29) is 58.1 Å². The molecule has 0 aliphatic carbocycles. The predicted molar refractivity (Wildman–Crippen MR) is 22.2 cm³/mol. The molecule has 0 aromatic heterocycles. The van der Waals surface area contributed by atoms with Gasteiger partial charge in [0.15, 0.2) is 0 Å². The fourth-order valence-corrected chi connectivity index (χ4v) is 0. The molecule has 0 aliphatic heterocycles. The van der Waals surface area contributed by atoms with Crippen LogP contribution in [0.15, 0.2) is 0 Å². The molecule has 0 spiro atoms. The second kappa shape index (κ2) is 29.4. The molecular formula is C2H8CaO. The first kappa shape index (κ1) is 62.5. The van der Waals surface area contributed by atoms with E-state index in [1.807, 2.05) is 0 Å². The minimum Gasteiger partial charge on any atom is -0.412 e. The normalized spacial score (nSPS) is 0. The third-order valence-electron chi connectivity index (χ3n) is 0. The second-order valence-electron chi connectivity index (χ2n) is 0. The standard InChI is InChI=1S/2CH3.Ca.H2O/h2*1H3;;1H2/q2*-1;+2;. The van der Waals surface area contributed by atoms with Crippen molar-refractivity contribution in [3.8, 4) is 0 Å². The molecule has 24 valence electrons. The monoisotopic (exact) mass is 88.0 g/mol. The van der Waals surface area contributed by atoms with Crippen LogP contribution in [0.25, 0.3) is 0 Å². The van der Waals surface area contributed by atoms with Gasteiger partial charge in [-0.1, -0.05) is 0 Å². The molecule has 0 saturated carbocycles. The maximum absolute atomic E-state index is 0. The summed E-state index contributed by atoms with van der Waals surface area (Å²) in [5.41, 5.74) is 0. The van der Waals surface area contributed by atoms with Crippen LogP contribution in [0, 0.1) is 14.9 Å². The van der Waals surface area contributed by atoms with Crippen LogP contribution in [0.1, 0.15) is 0 Å². The van der Waals surface area contributed by atoms with E-state index in [9.17, 15) is 0 Å². The summed E-state index contributed by atoms with van der Waals surface area (Å²) in [5, 5.41) is 0. The average Bonchev–Trinajstić information content (AvgIpc) is 0. The van der Waals surface area contributed by atoms with Gasteiger partial charge in [-0.15, -0.1) is 0 Å². The van der Waals surface area contributed by atoms with E-state index in [1.165, 1.54) is 0 Å². The first-order valence-corrected chi connectivity index (χ1v) is 0. The summed E-state index contributed by atoms with van der Waals surface area (Å²) >= 11 is 0. The van der Waals surface area contributed by atoms with Gasteiger partial charge in [-0.05, 0) is 0 Å². The Hall–Kier alpha value is 1.22. The zero-order chi connectivity index (χ0) is 0. The summed E-state index contributed by atoms with van der Waals surface area (Å²) in [5.74, 6) is 0. The van der Waals surface area contributed by atoms with E-state index < -0.39 is 0 Å². The van der Waals surface area contributed by atoms with E-state index in [4.69, 9.17) is 0 Å². The van der Waals surface area contributed by atoms with Gasteiger partial charge in [0, 0.05) is 0 Å². The molecule has 1 nitrogen and oxygen atoms in total. The van der Waals surface area contributed by atoms with Crippen LogP contribution in [0.5, 0.6) is 0 Å². The van der Waals surface area contributed by atoms with Crippen molar-refractivity contribution in [2.24, 2.45) is 0 Å². The molecule has 0 heterocycles. The van der Waals surface area contributed by atoms with Crippen molar-refractivity contribution in [1.29, 1.82) is 0 Å². The molecule has 2 heteroatoms. The van der Waals surface area contributed by atoms with Crippen molar-refractivity contribution in [2.45, 2.75) is 0 Å². The zero-order valence-corrected chi connectivity index (χ0v) is 5.42. The van der Waals surface area contributed by atoms with Gasteiger partial charge in [0.1, 0.15) is 0 Å². The molecule has 2 N–H and O–H groups in total. The van der Waals surface area contributed by atoms with Crippen molar-refractivity contribution in [3.63, 3.8) is 0 Å². The van der Waals surface area contributed by atoms with Crippen molar-refractivity contribution in [1.82, 2.24) is 0 Å². The molecule has 0 saturated heterocycles. The Bertz CT molecular complexity index is 6.00. The Morgan fingerprint density at radius 2 is 0.750 bits per heavy atom. The first-order valence-electron chi connectivity index (χ1n) is 0. The fourth-order valence-electron chi connectivity index (χ4n) is 0. The molecule has 0 rings (SSSR count). The van der Waals surface area contributed by atoms with E-state index in [1.54, 1.807) is 0 Å². The average molecular weight is 88.2 g/mol. The van der Waals surface area contributed by atoms with Crippen LogP contribution in [-0.4, -0.2) is 43.2 Å². The summed E-state index contributed by atoms with van der Waals surface area (Å²) in [6.07, 6.45) is 0.